The van der Waals surface area contributed by atoms with Crippen LogP contribution >= 0.6 is 0 Å². The molecular weight excluding hydrogens is 224 g/mol. The molecule has 0 aliphatic carbocycles. The van der Waals surface area contributed by atoms with Crippen molar-refractivity contribution < 1.29 is 29.4 Å². The van der Waals surface area contributed by atoms with Gasteiger partial charge in [0, 0.05) is 6.42 Å². The fraction of sp³-hybridized carbons (Fsp3) is 1.00. The summed E-state index contributed by atoms with van der Waals surface area (Å²) in [6.45, 7) is -0.408. The van der Waals surface area contributed by atoms with Crippen LogP contribution in [0.2, 0.25) is 0 Å². The summed E-state index contributed by atoms with van der Waals surface area (Å²) < 4.78 is 56.2. The van der Waals surface area contributed by atoms with Crippen molar-refractivity contribution in [2.24, 2.45) is 0 Å². The molecule has 76 valence electrons. The third kappa shape index (κ3) is 1.70. The summed E-state index contributed by atoms with van der Waals surface area (Å²) in [4.78, 5) is 0. The summed E-state index contributed by atoms with van der Waals surface area (Å²) in [5.41, 5.74) is 0. The second-order valence-electron chi connectivity index (χ2n) is 2.76. The van der Waals surface area contributed by atoms with Crippen LogP contribution in [0.1, 0.15) is 6.42 Å². The Kier molecular flexibility index (Phi) is 1.74. The molecule has 9 heteroatoms. The Balaban J connectivity index is 2.29. The highest BCUT2D eigenvalue weighted by atomic mass is 32.3. The normalized spacial score (nSPS) is 41.2. The minimum atomic E-state index is -4.08. The molecule has 0 aromatic rings. The zero-order chi connectivity index (χ0) is 9.74. The van der Waals surface area contributed by atoms with Gasteiger partial charge in [-0.25, -0.2) is 12.5 Å². The van der Waals surface area contributed by atoms with Crippen molar-refractivity contribution in [1.82, 2.24) is 0 Å². The van der Waals surface area contributed by atoms with Crippen LogP contribution in [-0.4, -0.2) is 35.0 Å². The minimum absolute atomic E-state index is 0.0332. The molecule has 0 radical (unpaired) electrons. The van der Waals surface area contributed by atoms with E-state index in [-0.39, 0.29) is 12.2 Å². The quantitative estimate of drug-likeness (QED) is 0.478. The van der Waals surface area contributed by atoms with E-state index < -0.39 is 32.9 Å². The fourth-order valence-corrected chi connectivity index (χ4v) is 3.37. The molecule has 0 saturated carbocycles. The molecule has 1 unspecified atom stereocenters. The van der Waals surface area contributed by atoms with Crippen LogP contribution in [0.15, 0.2) is 0 Å². The second kappa shape index (κ2) is 2.42. The van der Waals surface area contributed by atoms with Crippen molar-refractivity contribution in [1.29, 1.82) is 0 Å². The minimum Gasteiger partial charge on any atom is -0.242 e. The molecule has 0 aromatic heterocycles. The molecular formula is C4H6O7S2. The predicted molar refractivity (Wildman–Crippen MR) is 38.2 cm³/mol. The van der Waals surface area contributed by atoms with Gasteiger partial charge >= 0.3 is 10.4 Å². The summed E-state index contributed by atoms with van der Waals surface area (Å²) >= 11 is 0. The van der Waals surface area contributed by atoms with Crippen molar-refractivity contribution in [3.8, 4) is 0 Å². The highest BCUT2D eigenvalue weighted by Gasteiger charge is 2.53. The van der Waals surface area contributed by atoms with Gasteiger partial charge in [0.1, 0.15) is 6.61 Å². The van der Waals surface area contributed by atoms with E-state index >= 15 is 0 Å². The lowest BCUT2D eigenvalue weighted by atomic mass is 10.2. The SMILES string of the molecule is O=S1(=O)CCC2(COS(=O)(=O)O2)O1. The molecule has 2 fully saturated rings. The molecule has 0 aromatic carbocycles. The van der Waals surface area contributed by atoms with Crippen LogP contribution in [0.3, 0.4) is 0 Å². The molecule has 13 heavy (non-hydrogen) atoms. The van der Waals surface area contributed by atoms with Gasteiger partial charge in [0.25, 0.3) is 10.1 Å². The Morgan fingerprint density at radius 2 is 1.77 bits per heavy atom. The van der Waals surface area contributed by atoms with Gasteiger partial charge in [-0.15, -0.1) is 0 Å². The average Bonchev–Trinajstić information content (AvgIpc) is 2.37. The highest BCUT2D eigenvalue weighted by Crippen LogP contribution is 2.36. The summed E-state index contributed by atoms with van der Waals surface area (Å²) in [7, 11) is -7.74. The first-order valence-electron chi connectivity index (χ1n) is 3.36. The van der Waals surface area contributed by atoms with Crippen molar-refractivity contribution in [3.05, 3.63) is 0 Å². The number of hydrogen-bond donors (Lipinski definition) is 0. The lowest BCUT2D eigenvalue weighted by Crippen LogP contribution is -2.30. The van der Waals surface area contributed by atoms with Gasteiger partial charge in [-0.3, -0.25) is 0 Å². The zero-order valence-electron chi connectivity index (χ0n) is 6.30. The lowest BCUT2D eigenvalue weighted by molar-refractivity contribution is -0.0788. The lowest BCUT2D eigenvalue weighted by Gasteiger charge is -2.13. The van der Waals surface area contributed by atoms with Gasteiger partial charge in [0.05, 0.1) is 5.75 Å². The summed E-state index contributed by atoms with van der Waals surface area (Å²) in [5, 5.41) is 0. The Hall–Kier alpha value is -0.220. The molecule has 2 aliphatic rings. The third-order valence-electron chi connectivity index (χ3n) is 1.69. The first-order chi connectivity index (χ1) is 5.83. The summed E-state index contributed by atoms with van der Waals surface area (Å²) in [6.07, 6.45) is -0.0332. The zero-order valence-corrected chi connectivity index (χ0v) is 7.93. The Bertz CT molecular complexity index is 375. The molecule has 2 heterocycles. The van der Waals surface area contributed by atoms with Crippen LogP contribution in [0, 0.1) is 0 Å². The second-order valence-corrected chi connectivity index (χ2v) is 5.67. The van der Waals surface area contributed by atoms with Crippen LogP contribution in [0.5, 0.6) is 0 Å². The maximum Gasteiger partial charge on any atom is 0.402 e. The molecule has 1 spiro atoms. The summed E-state index contributed by atoms with van der Waals surface area (Å²) in [5.74, 6) is -1.90. The largest absolute Gasteiger partial charge is 0.402 e. The van der Waals surface area contributed by atoms with Crippen LogP contribution < -0.4 is 0 Å². The van der Waals surface area contributed by atoms with E-state index in [0.717, 1.165) is 0 Å². The van der Waals surface area contributed by atoms with Gasteiger partial charge in [0.15, 0.2) is 0 Å². The van der Waals surface area contributed by atoms with E-state index in [1.54, 1.807) is 0 Å². The standard InChI is InChI=1S/C4H6O7S2/c5-12(6)2-1-4(10-12)3-9-13(7,8)11-4/h1-3H2. The Morgan fingerprint density at radius 3 is 2.15 bits per heavy atom. The monoisotopic (exact) mass is 230 g/mol. The number of rotatable bonds is 0. The fourth-order valence-electron chi connectivity index (χ4n) is 1.14. The van der Waals surface area contributed by atoms with Crippen molar-refractivity contribution in [3.63, 3.8) is 0 Å². The van der Waals surface area contributed by atoms with Gasteiger partial charge in [0.2, 0.25) is 5.79 Å². The molecule has 2 aliphatic heterocycles. The van der Waals surface area contributed by atoms with Gasteiger partial charge in [-0.1, -0.05) is 0 Å². The van der Waals surface area contributed by atoms with Crippen molar-refractivity contribution >= 4 is 20.5 Å². The first kappa shape index (κ1) is 9.34. The molecule has 2 saturated heterocycles. The van der Waals surface area contributed by atoms with Crippen LogP contribution in [-0.2, 0) is 33.1 Å². The van der Waals surface area contributed by atoms with Crippen LogP contribution in [0.25, 0.3) is 0 Å². The maximum absolute atomic E-state index is 10.9. The van der Waals surface area contributed by atoms with E-state index in [0.29, 0.717) is 0 Å². The molecule has 0 amide bonds. The van der Waals surface area contributed by atoms with E-state index in [4.69, 9.17) is 0 Å². The summed E-state index contributed by atoms with van der Waals surface area (Å²) in [6, 6.07) is 0. The smallest absolute Gasteiger partial charge is 0.242 e. The highest BCUT2D eigenvalue weighted by molar-refractivity contribution is 7.87. The molecule has 1 atom stereocenters. The molecule has 0 N–H and O–H groups in total. The Morgan fingerprint density at radius 1 is 1.08 bits per heavy atom. The van der Waals surface area contributed by atoms with E-state index in [1.165, 1.54) is 0 Å². The topological polar surface area (TPSA) is 96.0 Å². The number of hydrogen-bond acceptors (Lipinski definition) is 7. The molecule has 7 nitrogen and oxygen atoms in total. The van der Waals surface area contributed by atoms with Gasteiger partial charge in [-0.05, 0) is 0 Å². The van der Waals surface area contributed by atoms with Crippen LogP contribution in [0.4, 0.5) is 0 Å². The predicted octanol–water partition coefficient (Wildman–Crippen LogP) is -1.28. The molecule has 2 rings (SSSR count). The van der Waals surface area contributed by atoms with E-state index in [2.05, 4.69) is 12.5 Å². The Labute approximate surface area is 75.0 Å². The van der Waals surface area contributed by atoms with E-state index in [1.807, 2.05) is 0 Å². The van der Waals surface area contributed by atoms with Crippen molar-refractivity contribution in [2.75, 3.05) is 12.4 Å². The van der Waals surface area contributed by atoms with Gasteiger partial charge in [-0.2, -0.15) is 16.8 Å². The maximum atomic E-state index is 10.9. The van der Waals surface area contributed by atoms with E-state index in [9.17, 15) is 16.8 Å². The third-order valence-corrected chi connectivity index (χ3v) is 3.87. The average molecular weight is 230 g/mol. The molecule has 0 bridgehead atoms. The van der Waals surface area contributed by atoms with Crippen molar-refractivity contribution in [2.45, 2.75) is 12.2 Å². The van der Waals surface area contributed by atoms with Gasteiger partial charge < -0.3 is 0 Å². The first-order valence-corrected chi connectivity index (χ1v) is 6.27.